The Morgan fingerprint density at radius 2 is 1.85 bits per heavy atom. The van der Waals surface area contributed by atoms with Gasteiger partial charge in [0.1, 0.15) is 0 Å². The second kappa shape index (κ2) is 7.00. The van der Waals surface area contributed by atoms with E-state index in [9.17, 15) is 9.59 Å². The summed E-state index contributed by atoms with van der Waals surface area (Å²) in [6.45, 7) is 5.51. The molecule has 0 spiro atoms. The second-order valence-electron chi connectivity index (χ2n) is 7.24. The molecule has 4 rings (SSSR count). The Kier molecular flexibility index (Phi) is 4.54. The second-order valence-corrected chi connectivity index (χ2v) is 7.24. The summed E-state index contributed by atoms with van der Waals surface area (Å²) >= 11 is 0. The number of aromatic amines is 1. The van der Waals surface area contributed by atoms with Crippen LogP contribution in [0, 0.1) is 13.8 Å². The van der Waals surface area contributed by atoms with Gasteiger partial charge in [0.05, 0.1) is 12.1 Å². The van der Waals surface area contributed by atoms with Gasteiger partial charge in [-0.1, -0.05) is 30.3 Å². The number of carbonyl (C=O) groups excluding carboxylic acids is 1. The zero-order chi connectivity index (χ0) is 19.0. The van der Waals surface area contributed by atoms with E-state index >= 15 is 0 Å². The Morgan fingerprint density at radius 3 is 2.63 bits per heavy atom. The van der Waals surface area contributed by atoms with Gasteiger partial charge in [0.15, 0.2) is 5.43 Å². The van der Waals surface area contributed by atoms with E-state index < -0.39 is 0 Å². The summed E-state index contributed by atoms with van der Waals surface area (Å²) in [7, 11) is 0. The van der Waals surface area contributed by atoms with Crippen LogP contribution in [0.1, 0.15) is 22.4 Å². The van der Waals surface area contributed by atoms with Crippen LogP contribution in [0.25, 0.3) is 10.9 Å². The molecule has 2 aromatic carbocycles. The number of aromatic nitrogens is 1. The zero-order valence-corrected chi connectivity index (χ0v) is 15.6. The molecule has 1 aliphatic rings. The summed E-state index contributed by atoms with van der Waals surface area (Å²) in [5.41, 5.74) is 5.67. The third-order valence-electron chi connectivity index (χ3n) is 5.25. The number of pyridine rings is 1. The average molecular weight is 361 g/mol. The molecule has 0 saturated heterocycles. The van der Waals surface area contributed by atoms with Crippen LogP contribution in [-0.2, 0) is 17.8 Å². The Bertz CT molecular complexity index is 1070. The molecule has 5 heteroatoms. The molecule has 1 amide bonds. The number of para-hydroxylation sites is 1. The highest BCUT2D eigenvalue weighted by atomic mass is 16.2. The first-order chi connectivity index (χ1) is 13.0. The van der Waals surface area contributed by atoms with Gasteiger partial charge in [-0.2, -0.15) is 0 Å². The number of rotatable bonds is 3. The summed E-state index contributed by atoms with van der Waals surface area (Å²) in [6.07, 6.45) is 0.743. The molecule has 0 atom stereocenters. The molecule has 0 fully saturated rings. The minimum Gasteiger partial charge on any atom is -0.358 e. The van der Waals surface area contributed by atoms with E-state index in [2.05, 4.69) is 10.3 Å². The van der Waals surface area contributed by atoms with Crippen molar-refractivity contribution in [1.82, 2.24) is 9.88 Å². The number of anilines is 1. The summed E-state index contributed by atoms with van der Waals surface area (Å²) in [5, 5.41) is 3.68. The molecule has 0 radical (unpaired) electrons. The third kappa shape index (κ3) is 3.38. The van der Waals surface area contributed by atoms with Crippen LogP contribution in [0.4, 0.5) is 5.69 Å². The topological polar surface area (TPSA) is 65.2 Å². The fourth-order valence-corrected chi connectivity index (χ4v) is 3.79. The van der Waals surface area contributed by atoms with Crippen LogP contribution in [0.5, 0.6) is 0 Å². The van der Waals surface area contributed by atoms with Crippen molar-refractivity contribution in [3.05, 3.63) is 75.1 Å². The van der Waals surface area contributed by atoms with Crippen LogP contribution in [-0.4, -0.2) is 28.9 Å². The lowest BCUT2D eigenvalue weighted by Gasteiger charge is -2.28. The molecular weight excluding hydrogens is 338 g/mol. The summed E-state index contributed by atoms with van der Waals surface area (Å²) in [6, 6.07) is 13.5. The maximum atomic E-state index is 13.1. The first kappa shape index (κ1) is 17.5. The zero-order valence-electron chi connectivity index (χ0n) is 15.6. The predicted molar refractivity (Wildman–Crippen MR) is 108 cm³/mol. The SMILES string of the molecule is Cc1ccc(C)c2c(=O)c3c([nH]c12)CCN(CC(=O)Nc1ccccc1)C3. The number of nitrogens with one attached hydrogen (secondary N) is 2. The number of amides is 1. The summed E-state index contributed by atoms with van der Waals surface area (Å²) < 4.78 is 0. The van der Waals surface area contributed by atoms with Gasteiger partial charge in [0.2, 0.25) is 5.91 Å². The van der Waals surface area contributed by atoms with Gasteiger partial charge in [-0.25, -0.2) is 0 Å². The molecule has 2 heterocycles. The van der Waals surface area contributed by atoms with Gasteiger partial charge < -0.3 is 10.3 Å². The van der Waals surface area contributed by atoms with Crippen molar-refractivity contribution in [2.24, 2.45) is 0 Å². The molecule has 27 heavy (non-hydrogen) atoms. The average Bonchev–Trinajstić information content (AvgIpc) is 2.66. The molecule has 138 valence electrons. The van der Waals surface area contributed by atoms with Gasteiger partial charge in [0, 0.05) is 41.8 Å². The molecule has 3 aromatic rings. The van der Waals surface area contributed by atoms with Crippen molar-refractivity contribution in [3.8, 4) is 0 Å². The largest absolute Gasteiger partial charge is 0.358 e. The first-order valence-electron chi connectivity index (χ1n) is 9.24. The molecule has 0 bridgehead atoms. The van der Waals surface area contributed by atoms with E-state index in [1.165, 1.54) is 0 Å². The molecule has 0 aliphatic carbocycles. The van der Waals surface area contributed by atoms with Crippen molar-refractivity contribution in [2.75, 3.05) is 18.4 Å². The smallest absolute Gasteiger partial charge is 0.238 e. The quantitative estimate of drug-likeness (QED) is 0.753. The monoisotopic (exact) mass is 361 g/mol. The van der Waals surface area contributed by atoms with E-state index in [-0.39, 0.29) is 17.9 Å². The van der Waals surface area contributed by atoms with Crippen LogP contribution < -0.4 is 10.7 Å². The lowest BCUT2D eigenvalue weighted by atomic mass is 9.98. The van der Waals surface area contributed by atoms with E-state index in [0.717, 1.165) is 51.9 Å². The number of aryl methyl sites for hydroxylation is 2. The predicted octanol–water partition coefficient (Wildman–Crippen LogP) is 3.14. The fraction of sp³-hybridized carbons (Fsp3) is 0.273. The minimum atomic E-state index is -0.0612. The first-order valence-corrected chi connectivity index (χ1v) is 9.24. The minimum absolute atomic E-state index is 0.0612. The number of nitrogens with zero attached hydrogens (tertiary/aromatic N) is 1. The lowest BCUT2D eigenvalue weighted by Crippen LogP contribution is -2.39. The molecule has 0 saturated carbocycles. The maximum absolute atomic E-state index is 13.1. The standard InChI is InChI=1S/C22H23N3O2/c1-14-8-9-15(2)21-20(14)22(27)17-12-25(11-10-18(17)24-21)13-19(26)23-16-6-4-3-5-7-16/h3-9H,10-13H2,1-2H3,(H,23,26)(H,24,27). The fourth-order valence-electron chi connectivity index (χ4n) is 3.79. The normalized spacial score (nSPS) is 14.1. The number of H-pyrrole nitrogens is 1. The summed E-state index contributed by atoms with van der Waals surface area (Å²) in [5.74, 6) is -0.0612. The van der Waals surface area contributed by atoms with Gasteiger partial charge in [-0.05, 0) is 37.1 Å². The molecule has 1 aliphatic heterocycles. The van der Waals surface area contributed by atoms with Gasteiger partial charge in [0.25, 0.3) is 0 Å². The Labute approximate surface area is 158 Å². The van der Waals surface area contributed by atoms with E-state index in [1.54, 1.807) is 0 Å². The van der Waals surface area contributed by atoms with Crippen molar-refractivity contribution in [3.63, 3.8) is 0 Å². The van der Waals surface area contributed by atoms with Gasteiger partial charge >= 0.3 is 0 Å². The summed E-state index contributed by atoms with van der Waals surface area (Å²) in [4.78, 5) is 31.0. The molecule has 5 nitrogen and oxygen atoms in total. The van der Waals surface area contributed by atoms with E-state index in [0.29, 0.717) is 6.54 Å². The van der Waals surface area contributed by atoms with Crippen molar-refractivity contribution >= 4 is 22.5 Å². The third-order valence-corrected chi connectivity index (χ3v) is 5.25. The maximum Gasteiger partial charge on any atom is 0.238 e. The number of hydrogen-bond donors (Lipinski definition) is 2. The highest BCUT2D eigenvalue weighted by Gasteiger charge is 2.23. The van der Waals surface area contributed by atoms with Crippen molar-refractivity contribution < 1.29 is 4.79 Å². The highest BCUT2D eigenvalue weighted by Crippen LogP contribution is 2.22. The van der Waals surface area contributed by atoms with Crippen molar-refractivity contribution in [2.45, 2.75) is 26.8 Å². The number of benzene rings is 2. The Morgan fingerprint density at radius 1 is 1.11 bits per heavy atom. The van der Waals surface area contributed by atoms with Crippen LogP contribution in [0.2, 0.25) is 0 Å². The Balaban J connectivity index is 1.58. The van der Waals surface area contributed by atoms with Crippen LogP contribution in [0.15, 0.2) is 47.3 Å². The molecule has 2 N–H and O–H groups in total. The van der Waals surface area contributed by atoms with E-state index in [4.69, 9.17) is 0 Å². The van der Waals surface area contributed by atoms with Crippen molar-refractivity contribution in [1.29, 1.82) is 0 Å². The highest BCUT2D eigenvalue weighted by molar-refractivity contribution is 5.92. The Hall–Kier alpha value is -2.92. The molecule has 1 aromatic heterocycles. The van der Waals surface area contributed by atoms with Crippen LogP contribution >= 0.6 is 0 Å². The number of carbonyl (C=O) groups is 1. The number of hydrogen-bond acceptors (Lipinski definition) is 3. The van der Waals surface area contributed by atoms with Gasteiger partial charge in [-0.15, -0.1) is 0 Å². The van der Waals surface area contributed by atoms with Crippen LogP contribution in [0.3, 0.4) is 0 Å². The molecule has 0 unspecified atom stereocenters. The van der Waals surface area contributed by atoms with Gasteiger partial charge in [-0.3, -0.25) is 14.5 Å². The molecular formula is C22H23N3O2. The number of fused-ring (bicyclic) bond motifs is 2. The lowest BCUT2D eigenvalue weighted by molar-refractivity contribution is -0.117. The van der Waals surface area contributed by atoms with E-state index in [1.807, 2.05) is 61.2 Å².